The molecule has 1 atom stereocenters. The van der Waals surface area contributed by atoms with E-state index < -0.39 is 10.8 Å². The fourth-order valence-corrected chi connectivity index (χ4v) is 14.4. The van der Waals surface area contributed by atoms with E-state index >= 15 is 0 Å². The van der Waals surface area contributed by atoms with E-state index in [0.717, 1.165) is 118 Å². The molecule has 0 fully saturated rings. The van der Waals surface area contributed by atoms with E-state index in [4.69, 9.17) is 24.4 Å². The molecule has 14 aromatic rings. The van der Waals surface area contributed by atoms with Crippen LogP contribution in [0.15, 0.2) is 267 Å². The molecular weight excluding hydrogens is 989 g/mol. The largest absolute Gasteiger partial charge is 0.457 e. The monoisotopic (exact) mass is 1030 g/mol. The van der Waals surface area contributed by atoms with Crippen molar-refractivity contribution in [2.45, 2.75) is 10.8 Å². The van der Waals surface area contributed by atoms with Gasteiger partial charge in [-0.2, -0.15) is 0 Å². The zero-order valence-electron chi connectivity index (χ0n) is 43.5. The number of imidazole rings is 1. The Balaban J connectivity index is 0.803. The average molecular weight is 1030 g/mol. The van der Waals surface area contributed by atoms with E-state index in [1.165, 1.54) is 44.5 Å². The molecule has 18 rings (SSSR count). The van der Waals surface area contributed by atoms with E-state index in [0.29, 0.717) is 0 Å². The molecule has 2 aliphatic heterocycles. The molecule has 6 heteroatoms. The summed E-state index contributed by atoms with van der Waals surface area (Å²) in [6, 6.07) is 94.2. The highest BCUT2D eigenvalue weighted by Gasteiger charge is 2.53. The molecule has 2 aliphatic carbocycles. The Hall–Kier alpha value is -10.7. The molecule has 6 nitrogen and oxygen atoms in total. The first-order valence-corrected chi connectivity index (χ1v) is 27.6. The first kappa shape index (κ1) is 44.3. The highest BCUT2D eigenvalue weighted by atomic mass is 16.5. The number of hydrogen-bond donors (Lipinski definition) is 0. The van der Waals surface area contributed by atoms with Crippen LogP contribution in [0.3, 0.4) is 0 Å². The van der Waals surface area contributed by atoms with Crippen LogP contribution < -0.4 is 9.47 Å². The highest BCUT2D eigenvalue weighted by molar-refractivity contribution is 6.03. The fourth-order valence-electron chi connectivity index (χ4n) is 14.4. The number of aromatic nitrogens is 4. The molecule has 0 saturated heterocycles. The van der Waals surface area contributed by atoms with Gasteiger partial charge in [0, 0.05) is 56.0 Å². The molecular formula is C75H44N4O2. The Morgan fingerprint density at radius 1 is 0.321 bits per heavy atom. The van der Waals surface area contributed by atoms with Crippen LogP contribution in [0, 0.1) is 0 Å². The summed E-state index contributed by atoms with van der Waals surface area (Å²) in [4.78, 5) is 15.3. The summed E-state index contributed by atoms with van der Waals surface area (Å²) in [5, 5.41) is 2.12. The van der Waals surface area contributed by atoms with Gasteiger partial charge < -0.3 is 9.47 Å². The van der Waals surface area contributed by atoms with Gasteiger partial charge in [-0.05, 0) is 128 Å². The van der Waals surface area contributed by atoms with Crippen molar-refractivity contribution in [3.8, 4) is 84.7 Å². The number of ether oxygens (including phenoxy) is 2. The number of para-hydroxylation sites is 4. The second kappa shape index (κ2) is 16.4. The Morgan fingerprint density at radius 3 is 1.62 bits per heavy atom. The van der Waals surface area contributed by atoms with Gasteiger partial charge >= 0.3 is 0 Å². The van der Waals surface area contributed by atoms with Gasteiger partial charge in [-0.25, -0.2) is 9.97 Å². The van der Waals surface area contributed by atoms with Crippen molar-refractivity contribution in [2.75, 3.05) is 0 Å². The predicted molar refractivity (Wildman–Crippen MR) is 323 cm³/mol. The fraction of sp³-hybridized carbons (Fsp3) is 0.0267. The van der Waals surface area contributed by atoms with Gasteiger partial charge in [0.15, 0.2) is 0 Å². The minimum Gasteiger partial charge on any atom is -0.457 e. The number of fused-ring (bicyclic) bond motifs is 22. The highest BCUT2D eigenvalue weighted by Crippen LogP contribution is 2.65. The van der Waals surface area contributed by atoms with Crippen molar-refractivity contribution in [2.24, 2.45) is 0 Å². The Morgan fingerprint density at radius 2 is 0.852 bits per heavy atom. The van der Waals surface area contributed by atoms with E-state index in [-0.39, 0.29) is 0 Å². The number of pyridine rings is 2. The maximum atomic E-state index is 7.25. The molecule has 0 amide bonds. The van der Waals surface area contributed by atoms with Gasteiger partial charge in [0.05, 0.1) is 38.6 Å². The molecule has 1 unspecified atom stereocenters. The van der Waals surface area contributed by atoms with Crippen molar-refractivity contribution in [3.63, 3.8) is 0 Å². The lowest BCUT2D eigenvalue weighted by Crippen LogP contribution is -2.32. The van der Waals surface area contributed by atoms with Crippen LogP contribution in [-0.2, 0) is 10.8 Å². The Bertz CT molecular complexity index is 4990. The van der Waals surface area contributed by atoms with Gasteiger partial charge in [0.1, 0.15) is 28.8 Å². The molecule has 0 bridgehead atoms. The lowest BCUT2D eigenvalue weighted by atomic mass is 9.65. The summed E-state index contributed by atoms with van der Waals surface area (Å²) < 4.78 is 16.5. The van der Waals surface area contributed by atoms with Gasteiger partial charge in [0.25, 0.3) is 0 Å². The smallest absolute Gasteiger partial charge is 0.145 e. The first-order chi connectivity index (χ1) is 40.1. The summed E-state index contributed by atoms with van der Waals surface area (Å²) >= 11 is 0. The van der Waals surface area contributed by atoms with Crippen molar-refractivity contribution >= 4 is 32.8 Å². The second-order valence-corrected chi connectivity index (χ2v) is 21.7. The van der Waals surface area contributed by atoms with Crippen molar-refractivity contribution in [3.05, 3.63) is 312 Å². The SMILES string of the molecule is c1ccc(-n2c(-c3ccc4c(c3)Oc3ccc(-c5ccc6c(c5)-c5ccccc5C65c6ccccc6Oc6cc(-c7ccc8ccc9cccnc9c8n7)ccc65)cc3C43c4ccccc4-c4ccccc43)nc3ccccc32)cc1. The van der Waals surface area contributed by atoms with Gasteiger partial charge in [-0.1, -0.05) is 188 Å². The summed E-state index contributed by atoms with van der Waals surface area (Å²) in [6.45, 7) is 0. The average Bonchev–Trinajstić information content (AvgIpc) is 3.09. The topological polar surface area (TPSA) is 62.1 Å². The lowest BCUT2D eigenvalue weighted by Gasteiger charge is -2.40. The standard InChI is InChI=1S/C75H44N4O2/c1-2-16-51(17-3-1)79-66-26-12-11-25-65(66)78-73(79)50-32-37-62-70(44-50)81-68-39-34-48(42-63(68)75(62)56-21-7-4-18-52(56)53-19-5-8-22-57(53)75)47-30-35-59-55(41-47)54-20-6-9-23-58(54)74(59)60-24-10-13-27-67(60)80-69-43-49(31-36-61(69)74)64-38-33-46-29-28-45-15-14-40-76-71(45)72(46)77-64/h1-44H. The number of rotatable bonds is 4. The summed E-state index contributed by atoms with van der Waals surface area (Å²) in [5.74, 6) is 4.16. The van der Waals surface area contributed by atoms with Crippen LogP contribution >= 0.6 is 0 Å². The molecule has 3 aromatic heterocycles. The van der Waals surface area contributed by atoms with Crippen LogP contribution in [0.25, 0.3) is 94.6 Å². The number of benzene rings is 11. The van der Waals surface area contributed by atoms with Crippen molar-refractivity contribution < 1.29 is 9.47 Å². The molecule has 4 aliphatic rings. The number of hydrogen-bond acceptors (Lipinski definition) is 5. The van der Waals surface area contributed by atoms with E-state index in [9.17, 15) is 0 Å². The van der Waals surface area contributed by atoms with Gasteiger partial charge in [-0.3, -0.25) is 9.55 Å². The zero-order valence-corrected chi connectivity index (χ0v) is 43.5. The molecule has 0 saturated carbocycles. The van der Waals surface area contributed by atoms with E-state index in [1.807, 2.05) is 12.3 Å². The maximum absolute atomic E-state index is 7.25. The minimum absolute atomic E-state index is 0.650. The molecule has 376 valence electrons. The lowest BCUT2D eigenvalue weighted by molar-refractivity contribution is 0.436. The van der Waals surface area contributed by atoms with Crippen LogP contribution in [0.5, 0.6) is 23.0 Å². The minimum atomic E-state index is -0.682. The van der Waals surface area contributed by atoms with Crippen LogP contribution in [-0.4, -0.2) is 19.5 Å². The third-order valence-electron chi connectivity index (χ3n) is 17.8. The van der Waals surface area contributed by atoms with Crippen LogP contribution in [0.4, 0.5) is 0 Å². The van der Waals surface area contributed by atoms with E-state index in [1.54, 1.807) is 0 Å². The Kier molecular flexibility index (Phi) is 8.99. The molecule has 11 aromatic carbocycles. The quantitative estimate of drug-likeness (QED) is 0.164. The normalized spacial score (nSPS) is 15.3. The summed E-state index contributed by atoms with van der Waals surface area (Å²) in [5.41, 5.74) is 22.8. The maximum Gasteiger partial charge on any atom is 0.145 e. The van der Waals surface area contributed by atoms with Crippen molar-refractivity contribution in [1.29, 1.82) is 0 Å². The third-order valence-corrected chi connectivity index (χ3v) is 17.8. The second-order valence-electron chi connectivity index (χ2n) is 21.7. The van der Waals surface area contributed by atoms with Crippen molar-refractivity contribution in [1.82, 2.24) is 19.5 Å². The molecule has 0 N–H and O–H groups in total. The zero-order chi connectivity index (χ0) is 53.0. The Labute approximate surface area is 466 Å². The number of nitrogens with zero attached hydrogens (tertiary/aromatic N) is 4. The van der Waals surface area contributed by atoms with Crippen LogP contribution in [0.2, 0.25) is 0 Å². The van der Waals surface area contributed by atoms with Gasteiger partial charge in [-0.15, -0.1) is 0 Å². The molecule has 0 radical (unpaired) electrons. The van der Waals surface area contributed by atoms with Crippen LogP contribution in [0.1, 0.15) is 44.5 Å². The predicted octanol–water partition coefficient (Wildman–Crippen LogP) is 18.1. The molecule has 81 heavy (non-hydrogen) atoms. The van der Waals surface area contributed by atoms with E-state index in [2.05, 4.69) is 259 Å². The summed E-state index contributed by atoms with van der Waals surface area (Å²) in [7, 11) is 0. The molecule has 2 spiro atoms. The third kappa shape index (κ3) is 5.97. The molecule has 5 heterocycles. The summed E-state index contributed by atoms with van der Waals surface area (Å²) in [6.07, 6.45) is 1.84. The first-order valence-electron chi connectivity index (χ1n) is 27.6. The van der Waals surface area contributed by atoms with Gasteiger partial charge in [0.2, 0.25) is 0 Å².